The molecule has 178 valence electrons. The lowest BCUT2D eigenvalue weighted by Crippen LogP contribution is -2.27. The molecule has 0 N–H and O–H groups in total. The smallest absolute Gasteiger partial charge is 0.376 e. The maximum Gasteiger partial charge on any atom is 0.376 e. The Hall–Kier alpha value is -0.470. The molecule has 0 amide bonds. The Morgan fingerprint density at radius 3 is 1.71 bits per heavy atom. The Bertz CT molecular complexity index is 714. The van der Waals surface area contributed by atoms with Crippen LogP contribution in [0.15, 0.2) is 24.3 Å². The fourth-order valence-corrected chi connectivity index (χ4v) is 5.65. The number of hydrogen-bond donors (Lipinski definition) is 0. The van der Waals surface area contributed by atoms with Crippen molar-refractivity contribution in [3.05, 3.63) is 35.4 Å². The molecule has 0 heterocycles. The molecule has 31 heavy (non-hydrogen) atoms. The van der Waals surface area contributed by atoms with E-state index >= 15 is 0 Å². The molecule has 0 radical (unpaired) electrons. The normalized spacial score (nSPS) is 14.0. The van der Waals surface area contributed by atoms with E-state index in [4.69, 9.17) is 35.5 Å². The second-order valence-electron chi connectivity index (χ2n) is 8.78. The van der Waals surface area contributed by atoms with Crippen molar-refractivity contribution >= 4 is 36.0 Å². The second kappa shape index (κ2) is 12.1. The lowest BCUT2D eigenvalue weighted by atomic mass is 10.1. The van der Waals surface area contributed by atoms with Crippen molar-refractivity contribution in [3.8, 4) is 0 Å². The zero-order valence-corrected chi connectivity index (χ0v) is 22.6. The summed E-state index contributed by atoms with van der Waals surface area (Å²) in [6, 6.07) is 7.36. The molecule has 0 saturated heterocycles. The van der Waals surface area contributed by atoms with Gasteiger partial charge in [-0.1, -0.05) is 36.0 Å². The molecule has 0 fully saturated rings. The molecule has 1 atom stereocenters. The number of ether oxygens (including phenoxy) is 3. The van der Waals surface area contributed by atoms with Crippen LogP contribution in [0.1, 0.15) is 78.7 Å². The Kier molecular flexibility index (Phi) is 11.2. The van der Waals surface area contributed by atoms with E-state index in [0.717, 1.165) is 5.56 Å². The number of thioether (sulfide) groups is 1. The molecule has 6 nitrogen and oxygen atoms in total. The Morgan fingerprint density at radius 2 is 1.35 bits per heavy atom. The van der Waals surface area contributed by atoms with Crippen LogP contribution in [0.5, 0.6) is 0 Å². The summed E-state index contributed by atoms with van der Waals surface area (Å²) in [4.78, 5) is 0. The van der Waals surface area contributed by atoms with Crippen molar-refractivity contribution in [1.82, 2.24) is 0 Å². The maximum absolute atomic E-state index is 14.1. The van der Waals surface area contributed by atoms with Crippen molar-refractivity contribution in [2.24, 2.45) is 0 Å². The third kappa shape index (κ3) is 9.91. The van der Waals surface area contributed by atoms with E-state index in [9.17, 15) is 4.57 Å². The van der Waals surface area contributed by atoms with E-state index in [1.165, 1.54) is 11.8 Å². The predicted molar refractivity (Wildman–Crippen MR) is 132 cm³/mol. The van der Waals surface area contributed by atoms with Gasteiger partial charge in [-0.2, -0.15) is 0 Å². The minimum Gasteiger partial charge on any atom is -0.457 e. The molecule has 0 spiro atoms. The van der Waals surface area contributed by atoms with Gasteiger partial charge in [-0.05, 0) is 73.9 Å². The first kappa shape index (κ1) is 28.6. The standard InChI is InChI=1S/C22H37O6PS2/c1-10-24-18(25-11-2)16-12-14-17(15-13-16)19(26-20(30)31-9)29(23,27-21(3,4)5)28-22(6,7)8/h12-15,18-19H,10-11H2,1-9H3. The Labute approximate surface area is 197 Å². The van der Waals surface area contributed by atoms with Crippen LogP contribution in [-0.2, 0) is 27.8 Å². The van der Waals surface area contributed by atoms with Gasteiger partial charge in [-0.15, -0.1) is 0 Å². The summed E-state index contributed by atoms with van der Waals surface area (Å²) in [5, 5.41) is 0. The van der Waals surface area contributed by atoms with Gasteiger partial charge in [0.2, 0.25) is 10.2 Å². The zero-order chi connectivity index (χ0) is 23.9. The highest BCUT2D eigenvalue weighted by Gasteiger charge is 2.46. The second-order valence-corrected chi connectivity index (χ2v) is 12.1. The molecular formula is C22H37O6PS2. The van der Waals surface area contributed by atoms with E-state index in [1.807, 2.05) is 79.7 Å². The van der Waals surface area contributed by atoms with Gasteiger partial charge < -0.3 is 14.2 Å². The number of hydrogen-bond acceptors (Lipinski definition) is 8. The first-order valence-electron chi connectivity index (χ1n) is 10.3. The van der Waals surface area contributed by atoms with Crippen LogP contribution in [-0.4, -0.2) is 35.1 Å². The van der Waals surface area contributed by atoms with Gasteiger partial charge in [-0.3, -0.25) is 13.6 Å². The van der Waals surface area contributed by atoms with Crippen LogP contribution in [0.3, 0.4) is 0 Å². The lowest BCUT2D eigenvalue weighted by Gasteiger charge is -2.36. The lowest BCUT2D eigenvalue weighted by molar-refractivity contribution is -0.140. The molecule has 0 saturated carbocycles. The Morgan fingerprint density at radius 1 is 0.935 bits per heavy atom. The first-order valence-corrected chi connectivity index (χ1v) is 13.6. The van der Waals surface area contributed by atoms with Gasteiger partial charge in [0.25, 0.3) is 0 Å². The van der Waals surface area contributed by atoms with E-state index < -0.39 is 30.9 Å². The summed E-state index contributed by atoms with van der Waals surface area (Å²) >= 11 is 6.55. The van der Waals surface area contributed by atoms with Gasteiger partial charge in [0.15, 0.2) is 6.29 Å². The van der Waals surface area contributed by atoms with Crippen LogP contribution in [0.25, 0.3) is 0 Å². The average molecular weight is 493 g/mol. The van der Waals surface area contributed by atoms with Crippen LogP contribution in [0.2, 0.25) is 0 Å². The summed E-state index contributed by atoms with van der Waals surface area (Å²) in [5.74, 6) is -1.02. The SMILES string of the molecule is CCOC(OCC)c1ccc(C(OC(=S)SC)P(=O)(OC(C)(C)C)OC(C)(C)C)cc1. The van der Waals surface area contributed by atoms with E-state index in [2.05, 4.69) is 0 Å². The minimum atomic E-state index is -3.81. The molecule has 0 bridgehead atoms. The number of rotatable bonds is 10. The molecular weight excluding hydrogens is 455 g/mol. The summed E-state index contributed by atoms with van der Waals surface area (Å²) < 4.78 is 43.7. The summed E-state index contributed by atoms with van der Waals surface area (Å²) in [6.07, 6.45) is 1.33. The molecule has 0 aliphatic rings. The van der Waals surface area contributed by atoms with E-state index in [0.29, 0.717) is 18.8 Å². The van der Waals surface area contributed by atoms with Gasteiger partial charge in [-0.25, -0.2) is 0 Å². The molecule has 1 aromatic carbocycles. The van der Waals surface area contributed by atoms with Gasteiger partial charge in [0, 0.05) is 24.3 Å². The molecule has 1 unspecified atom stereocenters. The fraction of sp³-hybridized carbons (Fsp3) is 0.682. The molecule has 0 aromatic heterocycles. The fourth-order valence-electron chi connectivity index (χ4n) is 2.69. The maximum atomic E-state index is 14.1. The van der Waals surface area contributed by atoms with E-state index in [1.54, 1.807) is 6.26 Å². The van der Waals surface area contributed by atoms with Crippen molar-refractivity contribution in [2.45, 2.75) is 78.7 Å². The third-order valence-electron chi connectivity index (χ3n) is 3.59. The van der Waals surface area contributed by atoms with Gasteiger partial charge >= 0.3 is 7.60 Å². The topological polar surface area (TPSA) is 63.2 Å². The molecule has 1 rings (SSSR count). The highest BCUT2D eigenvalue weighted by Crippen LogP contribution is 2.65. The summed E-state index contributed by atoms with van der Waals surface area (Å²) in [6.45, 7) is 15.8. The number of benzene rings is 1. The highest BCUT2D eigenvalue weighted by molar-refractivity contribution is 8.22. The average Bonchev–Trinajstić information content (AvgIpc) is 2.62. The van der Waals surface area contributed by atoms with Crippen molar-refractivity contribution in [2.75, 3.05) is 19.5 Å². The minimum absolute atomic E-state index is 0.255. The molecule has 1 aromatic rings. The third-order valence-corrected chi connectivity index (χ3v) is 7.20. The monoisotopic (exact) mass is 492 g/mol. The molecule has 0 aliphatic heterocycles. The molecule has 0 aliphatic carbocycles. The highest BCUT2D eigenvalue weighted by atomic mass is 32.2. The molecule has 9 heteroatoms. The van der Waals surface area contributed by atoms with Crippen molar-refractivity contribution < 1.29 is 27.8 Å². The summed E-state index contributed by atoms with van der Waals surface area (Å²) in [5.41, 5.74) is 0.0297. The zero-order valence-electron chi connectivity index (χ0n) is 20.1. The van der Waals surface area contributed by atoms with Gasteiger partial charge in [0.1, 0.15) is 0 Å². The number of thiocarbonyl (C=S) groups is 1. The predicted octanol–water partition coefficient (Wildman–Crippen LogP) is 7.24. The van der Waals surface area contributed by atoms with Crippen molar-refractivity contribution in [3.63, 3.8) is 0 Å². The van der Waals surface area contributed by atoms with Crippen LogP contribution in [0.4, 0.5) is 0 Å². The van der Waals surface area contributed by atoms with Crippen LogP contribution < -0.4 is 0 Å². The van der Waals surface area contributed by atoms with Crippen LogP contribution in [0, 0.1) is 0 Å². The Balaban J connectivity index is 3.44. The van der Waals surface area contributed by atoms with Crippen molar-refractivity contribution in [1.29, 1.82) is 0 Å². The quantitative estimate of drug-likeness (QED) is 0.192. The van der Waals surface area contributed by atoms with Gasteiger partial charge in [0.05, 0.1) is 11.2 Å². The summed E-state index contributed by atoms with van der Waals surface area (Å²) in [7, 11) is -3.81. The first-order chi connectivity index (χ1) is 14.2. The largest absolute Gasteiger partial charge is 0.457 e. The van der Waals surface area contributed by atoms with Crippen LogP contribution >= 0.6 is 31.6 Å². The van der Waals surface area contributed by atoms with E-state index in [-0.39, 0.29) is 4.38 Å².